The minimum atomic E-state index is -4.25. The van der Waals surface area contributed by atoms with Gasteiger partial charge in [0.1, 0.15) is 6.61 Å². The lowest BCUT2D eigenvalue weighted by atomic mass is 9.78. The van der Waals surface area contributed by atoms with Gasteiger partial charge >= 0.3 is 6.18 Å². The summed E-state index contributed by atoms with van der Waals surface area (Å²) in [5.74, 6) is 1.74. The lowest BCUT2D eigenvalue weighted by Crippen LogP contribution is -2.47. The third kappa shape index (κ3) is 4.84. The average Bonchev–Trinajstić information content (AvgIpc) is 2.70. The van der Waals surface area contributed by atoms with E-state index < -0.39 is 12.8 Å². The zero-order valence-electron chi connectivity index (χ0n) is 11.6. The van der Waals surface area contributed by atoms with Crippen LogP contribution in [-0.2, 0) is 4.74 Å². The van der Waals surface area contributed by atoms with Crippen LogP contribution in [-0.4, -0.2) is 42.4 Å². The van der Waals surface area contributed by atoms with Gasteiger partial charge in [-0.3, -0.25) is 4.99 Å². The van der Waals surface area contributed by atoms with Gasteiger partial charge in [0.05, 0.1) is 13.2 Å². The Morgan fingerprint density at radius 2 is 2.30 bits per heavy atom. The van der Waals surface area contributed by atoms with Crippen molar-refractivity contribution in [3.8, 4) is 0 Å². The van der Waals surface area contributed by atoms with Gasteiger partial charge in [-0.15, -0.1) is 0 Å². The summed E-state index contributed by atoms with van der Waals surface area (Å²) in [6.07, 6.45) is 0.579. The Kier molecular flexibility index (Phi) is 5.23. The molecule has 1 aliphatic carbocycles. The highest BCUT2D eigenvalue weighted by atomic mass is 32.2. The highest BCUT2D eigenvalue weighted by Crippen LogP contribution is 2.38. The number of rotatable bonds is 4. The fourth-order valence-electron chi connectivity index (χ4n) is 2.90. The predicted molar refractivity (Wildman–Crippen MR) is 75.1 cm³/mol. The number of alkyl halides is 3. The van der Waals surface area contributed by atoms with Crippen molar-refractivity contribution in [3.63, 3.8) is 0 Å². The molecule has 2 unspecified atom stereocenters. The summed E-state index contributed by atoms with van der Waals surface area (Å²) < 4.78 is 40.2. The van der Waals surface area contributed by atoms with E-state index in [1.165, 1.54) is 12.8 Å². The molecule has 1 saturated carbocycles. The first-order valence-corrected chi connectivity index (χ1v) is 7.97. The molecule has 0 aromatic heterocycles. The standard InChI is InChI=1S/C13H21F3N2OS/c1-10-3-2-4-12(7-10)9-20-11(18-12)17-5-6-19-8-13(14,15)16/h10H,2-9H2,1H3,(H,17,18). The van der Waals surface area contributed by atoms with E-state index in [-0.39, 0.29) is 18.7 Å². The number of halogens is 3. The van der Waals surface area contributed by atoms with Crippen molar-refractivity contribution in [1.82, 2.24) is 5.32 Å². The van der Waals surface area contributed by atoms with Gasteiger partial charge in [0.25, 0.3) is 0 Å². The number of amidine groups is 1. The van der Waals surface area contributed by atoms with Gasteiger partial charge in [-0.25, -0.2) is 0 Å². The third-order valence-corrected chi connectivity index (χ3v) is 4.91. The van der Waals surface area contributed by atoms with E-state index in [0.717, 1.165) is 29.7 Å². The van der Waals surface area contributed by atoms with Crippen LogP contribution < -0.4 is 5.32 Å². The molecule has 0 bridgehead atoms. The number of hydrogen-bond donors (Lipinski definition) is 1. The van der Waals surface area contributed by atoms with Crippen molar-refractivity contribution < 1.29 is 17.9 Å². The van der Waals surface area contributed by atoms with E-state index in [2.05, 4.69) is 22.0 Å². The summed E-state index contributed by atoms with van der Waals surface area (Å²) in [7, 11) is 0. The molecule has 1 heterocycles. The fraction of sp³-hybridized carbons (Fsp3) is 0.923. The summed E-state index contributed by atoms with van der Waals surface area (Å²) in [6, 6.07) is 0. The number of thioether (sulfide) groups is 1. The number of nitrogens with zero attached hydrogens (tertiary/aromatic N) is 1. The zero-order chi connectivity index (χ0) is 14.6. The van der Waals surface area contributed by atoms with Crippen molar-refractivity contribution in [2.75, 3.05) is 25.5 Å². The number of ether oxygens (including phenoxy) is 1. The summed E-state index contributed by atoms with van der Waals surface area (Å²) >= 11 is 1.67. The second kappa shape index (κ2) is 6.56. The summed E-state index contributed by atoms with van der Waals surface area (Å²) in [5, 5.41) is 4.34. The lowest BCUT2D eigenvalue weighted by molar-refractivity contribution is -0.173. The van der Waals surface area contributed by atoms with Crippen molar-refractivity contribution >= 4 is 16.9 Å². The molecule has 3 nitrogen and oxygen atoms in total. The van der Waals surface area contributed by atoms with E-state index in [4.69, 9.17) is 0 Å². The van der Waals surface area contributed by atoms with Gasteiger partial charge in [-0.2, -0.15) is 13.2 Å². The smallest absolute Gasteiger partial charge is 0.370 e. The van der Waals surface area contributed by atoms with Crippen LogP contribution in [0.2, 0.25) is 0 Å². The van der Waals surface area contributed by atoms with Crippen molar-refractivity contribution in [2.45, 2.75) is 44.3 Å². The molecule has 1 N–H and O–H groups in total. The van der Waals surface area contributed by atoms with E-state index in [1.807, 2.05) is 0 Å². The first kappa shape index (κ1) is 15.9. The topological polar surface area (TPSA) is 33.6 Å². The zero-order valence-corrected chi connectivity index (χ0v) is 12.4. The van der Waals surface area contributed by atoms with Crippen LogP contribution in [0.3, 0.4) is 0 Å². The molecule has 0 radical (unpaired) electrons. The second-order valence-electron chi connectivity index (χ2n) is 5.75. The lowest BCUT2D eigenvalue weighted by Gasteiger charge is -2.36. The van der Waals surface area contributed by atoms with E-state index in [9.17, 15) is 13.2 Å². The highest BCUT2D eigenvalue weighted by molar-refractivity contribution is 8.14. The van der Waals surface area contributed by atoms with Crippen LogP contribution in [0.4, 0.5) is 13.2 Å². The molecule has 0 aromatic rings. The molecule has 2 rings (SSSR count). The molecule has 1 saturated heterocycles. The van der Waals surface area contributed by atoms with Crippen LogP contribution in [0.25, 0.3) is 0 Å². The maximum atomic E-state index is 11.9. The van der Waals surface area contributed by atoms with E-state index in [0.29, 0.717) is 0 Å². The molecule has 2 aliphatic rings. The highest BCUT2D eigenvalue weighted by Gasteiger charge is 2.40. The minimum Gasteiger partial charge on any atom is -0.370 e. The monoisotopic (exact) mass is 310 g/mol. The Bertz CT molecular complexity index is 362. The largest absolute Gasteiger partial charge is 0.411 e. The van der Waals surface area contributed by atoms with Crippen molar-refractivity contribution in [3.05, 3.63) is 0 Å². The molecule has 2 atom stereocenters. The quantitative estimate of drug-likeness (QED) is 0.810. The van der Waals surface area contributed by atoms with Crippen molar-refractivity contribution in [2.24, 2.45) is 10.9 Å². The number of aliphatic imine (C=N–C) groups is 1. The molecule has 1 aliphatic heterocycles. The normalized spacial score (nSPS) is 32.8. The molecule has 0 amide bonds. The summed E-state index contributed by atoms with van der Waals surface area (Å²) in [6.45, 7) is 1.36. The Labute approximate surface area is 121 Å². The third-order valence-electron chi connectivity index (χ3n) is 3.71. The van der Waals surface area contributed by atoms with Crippen LogP contribution >= 0.6 is 11.8 Å². The van der Waals surface area contributed by atoms with Crippen LogP contribution in [0.5, 0.6) is 0 Å². The van der Waals surface area contributed by atoms with Gasteiger partial charge in [-0.1, -0.05) is 31.5 Å². The van der Waals surface area contributed by atoms with Gasteiger partial charge < -0.3 is 10.1 Å². The van der Waals surface area contributed by atoms with Crippen LogP contribution in [0.1, 0.15) is 32.6 Å². The molecule has 7 heteroatoms. The Morgan fingerprint density at radius 1 is 1.50 bits per heavy atom. The van der Waals surface area contributed by atoms with Crippen LogP contribution in [0, 0.1) is 5.92 Å². The molecule has 2 fully saturated rings. The van der Waals surface area contributed by atoms with Gasteiger partial charge in [0.2, 0.25) is 0 Å². The number of hydrogen-bond acceptors (Lipinski definition) is 3. The summed E-state index contributed by atoms with van der Waals surface area (Å²) in [5.41, 5.74) is 0.161. The molecule has 1 spiro atoms. The Balaban J connectivity index is 1.71. The maximum Gasteiger partial charge on any atom is 0.411 e. The second-order valence-corrected chi connectivity index (χ2v) is 6.71. The fourth-order valence-corrected chi connectivity index (χ4v) is 4.11. The van der Waals surface area contributed by atoms with E-state index >= 15 is 0 Å². The van der Waals surface area contributed by atoms with E-state index in [1.54, 1.807) is 11.8 Å². The van der Waals surface area contributed by atoms with Crippen LogP contribution in [0.15, 0.2) is 4.99 Å². The predicted octanol–water partition coefficient (Wildman–Crippen LogP) is 3.21. The average molecular weight is 310 g/mol. The van der Waals surface area contributed by atoms with Gasteiger partial charge in [-0.05, 0) is 18.8 Å². The van der Waals surface area contributed by atoms with Gasteiger partial charge in [0, 0.05) is 11.3 Å². The first-order chi connectivity index (χ1) is 9.39. The SMILES string of the molecule is CC1CCCC2(CSC(=NCCOCC(F)(F)F)N2)C1. The molecular formula is C13H21F3N2OS. The summed E-state index contributed by atoms with van der Waals surface area (Å²) in [4.78, 5) is 4.29. The molecule has 20 heavy (non-hydrogen) atoms. The minimum absolute atomic E-state index is 0.00858. The number of nitrogens with one attached hydrogen (secondary N) is 1. The Hall–Kier alpha value is -0.430. The molecular weight excluding hydrogens is 289 g/mol. The maximum absolute atomic E-state index is 11.9. The van der Waals surface area contributed by atoms with Gasteiger partial charge in [0.15, 0.2) is 5.17 Å². The molecule has 116 valence electrons. The first-order valence-electron chi connectivity index (χ1n) is 6.98. The Morgan fingerprint density at radius 3 is 3.00 bits per heavy atom. The van der Waals surface area contributed by atoms with Crippen molar-refractivity contribution in [1.29, 1.82) is 0 Å². The molecule has 0 aromatic carbocycles.